The number of aromatic nitrogens is 1. The third-order valence-corrected chi connectivity index (χ3v) is 4.44. The number of hydrogen-bond donors (Lipinski definition) is 1. The maximum atomic E-state index is 12.4. The molecule has 1 aliphatic carbocycles. The topological polar surface area (TPSA) is 51.2 Å². The highest BCUT2D eigenvalue weighted by Crippen LogP contribution is 2.18. The van der Waals surface area contributed by atoms with Crippen LogP contribution in [-0.4, -0.2) is 16.9 Å². The minimum atomic E-state index is 0.0145. The molecule has 1 N–H and O–H groups in total. The molecule has 0 saturated heterocycles. The lowest BCUT2D eigenvalue weighted by molar-refractivity contribution is 0.0933. The van der Waals surface area contributed by atoms with Crippen LogP contribution in [0.15, 0.2) is 48.8 Å². The summed E-state index contributed by atoms with van der Waals surface area (Å²) in [6.45, 7) is 0.474. The summed E-state index contributed by atoms with van der Waals surface area (Å²) in [4.78, 5) is 16.4. The fourth-order valence-electron chi connectivity index (χ4n) is 3.05. The van der Waals surface area contributed by atoms with Gasteiger partial charge in [0.2, 0.25) is 0 Å². The van der Waals surface area contributed by atoms with Crippen molar-refractivity contribution in [3.05, 3.63) is 59.9 Å². The molecule has 4 heteroatoms. The molecule has 1 amide bonds. The lowest BCUT2D eigenvalue weighted by Gasteiger charge is -2.16. The van der Waals surface area contributed by atoms with Gasteiger partial charge < -0.3 is 10.1 Å². The van der Waals surface area contributed by atoms with Gasteiger partial charge in [-0.25, -0.2) is 0 Å². The van der Waals surface area contributed by atoms with E-state index in [1.165, 1.54) is 25.7 Å². The summed E-state index contributed by atoms with van der Waals surface area (Å²) in [5.41, 5.74) is 1.71. The number of hydrogen-bond acceptors (Lipinski definition) is 3. The first-order valence-electron chi connectivity index (χ1n) is 8.74. The van der Waals surface area contributed by atoms with E-state index < -0.39 is 0 Å². The predicted octanol–water partition coefficient (Wildman–Crippen LogP) is 4.11. The number of amides is 1. The van der Waals surface area contributed by atoms with E-state index in [1.54, 1.807) is 12.4 Å². The van der Waals surface area contributed by atoms with E-state index in [2.05, 4.69) is 10.3 Å². The van der Waals surface area contributed by atoms with E-state index in [-0.39, 0.29) is 5.91 Å². The first-order valence-corrected chi connectivity index (χ1v) is 8.74. The Labute approximate surface area is 143 Å². The van der Waals surface area contributed by atoms with Crippen molar-refractivity contribution in [2.45, 2.75) is 51.2 Å². The van der Waals surface area contributed by atoms with Gasteiger partial charge in [0.25, 0.3) is 5.91 Å². The van der Waals surface area contributed by atoms with E-state index in [1.807, 2.05) is 36.4 Å². The van der Waals surface area contributed by atoms with Gasteiger partial charge in [0.05, 0.1) is 0 Å². The zero-order valence-corrected chi connectivity index (χ0v) is 13.9. The maximum Gasteiger partial charge on any atom is 0.251 e. The van der Waals surface area contributed by atoms with Crippen molar-refractivity contribution < 1.29 is 9.53 Å². The second kappa shape index (κ2) is 8.48. The van der Waals surface area contributed by atoms with Crippen molar-refractivity contribution in [2.75, 3.05) is 0 Å². The number of benzene rings is 1. The molecule has 1 aromatic heterocycles. The highest BCUT2D eigenvalue weighted by Gasteiger charge is 2.15. The normalized spacial score (nSPS) is 15.5. The van der Waals surface area contributed by atoms with Crippen LogP contribution in [0.3, 0.4) is 0 Å². The second-order valence-corrected chi connectivity index (χ2v) is 6.34. The third kappa shape index (κ3) is 4.82. The van der Waals surface area contributed by atoms with E-state index in [4.69, 9.17) is 4.74 Å². The molecule has 4 nitrogen and oxygen atoms in total. The van der Waals surface area contributed by atoms with Gasteiger partial charge in [0.15, 0.2) is 0 Å². The molecule has 0 unspecified atom stereocenters. The molecule has 0 radical (unpaired) electrons. The van der Waals surface area contributed by atoms with Gasteiger partial charge in [0, 0.05) is 29.6 Å². The lowest BCUT2D eigenvalue weighted by Crippen LogP contribution is -2.34. The predicted molar refractivity (Wildman–Crippen MR) is 94.0 cm³/mol. The largest absolute Gasteiger partial charge is 0.489 e. The molecule has 24 heavy (non-hydrogen) atoms. The third-order valence-electron chi connectivity index (χ3n) is 4.44. The number of pyridine rings is 1. The van der Waals surface area contributed by atoms with E-state index in [9.17, 15) is 4.79 Å². The van der Waals surface area contributed by atoms with Gasteiger partial charge >= 0.3 is 0 Å². The van der Waals surface area contributed by atoms with Crippen molar-refractivity contribution >= 4 is 5.91 Å². The van der Waals surface area contributed by atoms with Crippen molar-refractivity contribution in [1.82, 2.24) is 10.3 Å². The molecular formula is C20H24N2O2. The molecule has 2 aromatic rings. The maximum absolute atomic E-state index is 12.4. The Morgan fingerprint density at radius 2 is 1.83 bits per heavy atom. The number of carbonyl (C=O) groups is 1. The first kappa shape index (κ1) is 16.5. The summed E-state index contributed by atoms with van der Waals surface area (Å²) in [7, 11) is 0. The molecule has 0 atom stereocenters. The Balaban J connectivity index is 1.52. The Morgan fingerprint density at radius 3 is 2.50 bits per heavy atom. The van der Waals surface area contributed by atoms with Gasteiger partial charge in [-0.05, 0) is 43.2 Å². The van der Waals surface area contributed by atoms with Crippen LogP contribution in [0.1, 0.15) is 54.4 Å². The molecule has 1 aromatic carbocycles. The van der Waals surface area contributed by atoms with Gasteiger partial charge in [0.1, 0.15) is 12.4 Å². The van der Waals surface area contributed by atoms with Crippen molar-refractivity contribution in [3.63, 3.8) is 0 Å². The highest BCUT2D eigenvalue weighted by atomic mass is 16.5. The van der Waals surface area contributed by atoms with E-state index in [0.29, 0.717) is 18.2 Å². The van der Waals surface area contributed by atoms with Crippen LogP contribution in [0.2, 0.25) is 0 Å². The summed E-state index contributed by atoms with van der Waals surface area (Å²) >= 11 is 0. The van der Waals surface area contributed by atoms with Gasteiger partial charge in [-0.3, -0.25) is 9.78 Å². The minimum absolute atomic E-state index is 0.0145. The Bertz CT molecular complexity index is 632. The molecule has 1 saturated carbocycles. The Kier molecular flexibility index (Phi) is 5.83. The Morgan fingerprint density at radius 1 is 1.08 bits per heavy atom. The number of nitrogens with one attached hydrogen (secondary N) is 1. The molecule has 126 valence electrons. The lowest BCUT2D eigenvalue weighted by atomic mass is 10.1. The molecule has 1 aliphatic rings. The summed E-state index contributed by atoms with van der Waals surface area (Å²) < 4.78 is 5.72. The SMILES string of the molecule is O=C(NC1CCCCCC1)c1ccc(OCc2cccnc2)cc1. The molecule has 1 fully saturated rings. The molecule has 0 bridgehead atoms. The number of rotatable bonds is 5. The average molecular weight is 324 g/mol. The fourth-order valence-corrected chi connectivity index (χ4v) is 3.05. The van der Waals surface area contributed by atoms with Gasteiger partial charge in [-0.2, -0.15) is 0 Å². The quantitative estimate of drug-likeness (QED) is 0.842. The molecular weight excluding hydrogens is 300 g/mol. The summed E-state index contributed by atoms with van der Waals surface area (Å²) in [5, 5.41) is 3.16. The van der Waals surface area contributed by atoms with Crippen LogP contribution < -0.4 is 10.1 Å². The van der Waals surface area contributed by atoms with Crippen LogP contribution in [0.25, 0.3) is 0 Å². The van der Waals surface area contributed by atoms with E-state index in [0.717, 1.165) is 24.2 Å². The zero-order valence-electron chi connectivity index (χ0n) is 13.9. The summed E-state index contributed by atoms with van der Waals surface area (Å²) in [6.07, 6.45) is 10.7. The number of nitrogens with zero attached hydrogens (tertiary/aromatic N) is 1. The molecule has 3 rings (SSSR count). The van der Waals surface area contributed by atoms with Gasteiger partial charge in [-0.1, -0.05) is 31.7 Å². The van der Waals surface area contributed by atoms with Crippen LogP contribution in [0.5, 0.6) is 5.75 Å². The second-order valence-electron chi connectivity index (χ2n) is 6.34. The van der Waals surface area contributed by atoms with Crippen LogP contribution >= 0.6 is 0 Å². The van der Waals surface area contributed by atoms with Gasteiger partial charge in [-0.15, -0.1) is 0 Å². The summed E-state index contributed by atoms with van der Waals surface area (Å²) in [6, 6.07) is 11.5. The summed E-state index contributed by atoms with van der Waals surface area (Å²) in [5.74, 6) is 0.769. The molecule has 0 aliphatic heterocycles. The molecule has 0 spiro atoms. The van der Waals surface area contributed by atoms with E-state index >= 15 is 0 Å². The van der Waals surface area contributed by atoms with Crippen molar-refractivity contribution in [1.29, 1.82) is 0 Å². The van der Waals surface area contributed by atoms with Crippen LogP contribution in [0.4, 0.5) is 0 Å². The first-order chi connectivity index (χ1) is 11.8. The fraction of sp³-hybridized carbons (Fsp3) is 0.400. The minimum Gasteiger partial charge on any atom is -0.489 e. The Hall–Kier alpha value is -2.36. The smallest absolute Gasteiger partial charge is 0.251 e. The zero-order chi connectivity index (χ0) is 16.6. The van der Waals surface area contributed by atoms with Crippen molar-refractivity contribution in [3.8, 4) is 5.75 Å². The number of carbonyl (C=O) groups excluding carboxylic acids is 1. The average Bonchev–Trinajstić information content (AvgIpc) is 2.90. The van der Waals surface area contributed by atoms with Crippen LogP contribution in [0, 0.1) is 0 Å². The highest BCUT2D eigenvalue weighted by molar-refractivity contribution is 5.94. The molecule has 1 heterocycles. The number of ether oxygens (including phenoxy) is 1. The monoisotopic (exact) mass is 324 g/mol. The van der Waals surface area contributed by atoms with Crippen LogP contribution in [-0.2, 0) is 6.61 Å². The van der Waals surface area contributed by atoms with Crippen molar-refractivity contribution in [2.24, 2.45) is 0 Å². The standard InChI is InChI=1S/C20H24N2O2/c23-20(22-18-7-3-1-2-4-8-18)17-9-11-19(12-10-17)24-15-16-6-5-13-21-14-16/h5-6,9-14,18H,1-4,7-8,15H2,(H,22,23).